The van der Waals surface area contributed by atoms with Gasteiger partial charge in [0, 0.05) is 5.56 Å². The van der Waals surface area contributed by atoms with E-state index in [1.165, 1.54) is 24.8 Å². The minimum Gasteiger partial charge on any atom is -0.504 e. The second kappa shape index (κ2) is 10.1. The number of fused-ring (bicyclic) bond motifs is 1. The standard InChI is InChI=1S/C25H40O6/c1-13(2)7-6-8-14(3)17-10-9-15(4)20-18(17)11-16(5)24(22(20)28)31-25-23(29)21(27)19(26)12-30-25/h11,13-15,17,19,21,23,25-29H,6-10,12H2,1-5H3/t14?,15-,17+,19-,21-,23+,25+/m0/s1. The number of rotatable bonds is 7. The van der Waals surface area contributed by atoms with Crippen LogP contribution >= 0.6 is 0 Å². The number of benzene rings is 1. The number of hydrogen-bond acceptors (Lipinski definition) is 6. The van der Waals surface area contributed by atoms with Crippen molar-refractivity contribution in [1.29, 1.82) is 0 Å². The molecule has 31 heavy (non-hydrogen) atoms. The van der Waals surface area contributed by atoms with Crippen molar-refractivity contribution in [2.24, 2.45) is 11.8 Å². The molecule has 176 valence electrons. The summed E-state index contributed by atoms with van der Waals surface area (Å²) in [6.45, 7) is 10.7. The molecule has 6 nitrogen and oxygen atoms in total. The molecular formula is C25H40O6. The molecule has 4 N–H and O–H groups in total. The molecule has 1 aliphatic carbocycles. The van der Waals surface area contributed by atoms with Crippen LogP contribution in [0.3, 0.4) is 0 Å². The summed E-state index contributed by atoms with van der Waals surface area (Å²) in [5.41, 5.74) is 2.92. The van der Waals surface area contributed by atoms with Gasteiger partial charge in [0.2, 0.25) is 6.29 Å². The molecule has 0 spiro atoms. The minimum atomic E-state index is -1.40. The van der Waals surface area contributed by atoms with Crippen molar-refractivity contribution in [1.82, 2.24) is 0 Å². The molecule has 0 bridgehead atoms. The summed E-state index contributed by atoms with van der Waals surface area (Å²) in [7, 11) is 0. The number of aryl methyl sites for hydroxylation is 1. The molecular weight excluding hydrogens is 396 g/mol. The number of aliphatic hydroxyl groups excluding tert-OH is 3. The van der Waals surface area contributed by atoms with Crippen LogP contribution in [0.1, 0.15) is 88.3 Å². The summed E-state index contributed by atoms with van der Waals surface area (Å²) in [6, 6.07) is 2.12. The maximum atomic E-state index is 11.2. The average molecular weight is 437 g/mol. The van der Waals surface area contributed by atoms with E-state index in [1.807, 2.05) is 6.92 Å². The van der Waals surface area contributed by atoms with Crippen molar-refractivity contribution in [3.63, 3.8) is 0 Å². The predicted molar refractivity (Wildman–Crippen MR) is 119 cm³/mol. The van der Waals surface area contributed by atoms with Gasteiger partial charge in [-0.3, -0.25) is 0 Å². The SMILES string of the molecule is Cc1cc2c(c(O)c1O[C@H]1OC[C@H](O)[C@H](O)[C@H]1O)[C@@H](C)CC[C@@H]2C(C)CCCC(C)C. The van der Waals surface area contributed by atoms with Gasteiger partial charge in [-0.25, -0.2) is 0 Å². The van der Waals surface area contributed by atoms with Crippen LogP contribution < -0.4 is 4.74 Å². The third kappa shape index (κ3) is 5.19. The highest BCUT2D eigenvalue weighted by Crippen LogP contribution is 2.51. The number of ether oxygens (including phenoxy) is 2. The van der Waals surface area contributed by atoms with E-state index in [0.717, 1.165) is 24.0 Å². The Bertz CT molecular complexity index is 748. The topological polar surface area (TPSA) is 99.4 Å². The zero-order valence-corrected chi connectivity index (χ0v) is 19.5. The smallest absolute Gasteiger partial charge is 0.229 e. The molecule has 7 atom stereocenters. The Hall–Kier alpha value is -1.34. The van der Waals surface area contributed by atoms with Crippen LogP contribution in [0, 0.1) is 18.8 Å². The lowest BCUT2D eigenvalue weighted by Gasteiger charge is -2.37. The zero-order chi connectivity index (χ0) is 22.9. The predicted octanol–water partition coefficient (Wildman–Crippen LogP) is 3.96. The number of hydrogen-bond donors (Lipinski definition) is 4. The van der Waals surface area contributed by atoms with Gasteiger partial charge in [-0.15, -0.1) is 0 Å². The summed E-state index contributed by atoms with van der Waals surface area (Å²) in [4.78, 5) is 0. The highest BCUT2D eigenvalue weighted by Gasteiger charge is 2.40. The lowest BCUT2D eigenvalue weighted by molar-refractivity contribution is -0.242. The van der Waals surface area contributed by atoms with Crippen molar-refractivity contribution in [2.75, 3.05) is 6.61 Å². The molecule has 0 saturated carbocycles. The van der Waals surface area contributed by atoms with Crippen molar-refractivity contribution in [3.05, 3.63) is 22.8 Å². The third-order valence-corrected chi connectivity index (χ3v) is 7.13. The van der Waals surface area contributed by atoms with Crippen LogP contribution in [0.2, 0.25) is 0 Å². The lowest BCUT2D eigenvalue weighted by Crippen LogP contribution is -2.54. The first kappa shape index (κ1) is 24.3. The van der Waals surface area contributed by atoms with Gasteiger partial charge in [0.1, 0.15) is 18.3 Å². The van der Waals surface area contributed by atoms with E-state index in [4.69, 9.17) is 9.47 Å². The maximum Gasteiger partial charge on any atom is 0.229 e. The fourth-order valence-electron chi connectivity index (χ4n) is 5.16. The van der Waals surface area contributed by atoms with Gasteiger partial charge in [0.25, 0.3) is 0 Å². The van der Waals surface area contributed by atoms with Crippen molar-refractivity contribution in [2.45, 2.75) is 103 Å². The van der Waals surface area contributed by atoms with Gasteiger partial charge in [0.15, 0.2) is 11.5 Å². The fraction of sp³-hybridized carbons (Fsp3) is 0.760. The first-order chi connectivity index (χ1) is 14.6. The Morgan fingerprint density at radius 3 is 2.48 bits per heavy atom. The van der Waals surface area contributed by atoms with E-state index in [-0.39, 0.29) is 24.0 Å². The molecule has 1 unspecified atom stereocenters. The molecule has 6 heteroatoms. The number of phenolic OH excluding ortho intramolecular Hbond substituents is 1. The molecule has 1 aliphatic heterocycles. The van der Waals surface area contributed by atoms with Crippen LogP contribution in [0.25, 0.3) is 0 Å². The summed E-state index contributed by atoms with van der Waals surface area (Å²) in [5.74, 6) is 2.26. The highest BCUT2D eigenvalue weighted by atomic mass is 16.7. The van der Waals surface area contributed by atoms with Crippen LogP contribution in [0.15, 0.2) is 6.07 Å². The monoisotopic (exact) mass is 436 g/mol. The normalized spacial score (nSPS) is 32.0. The summed E-state index contributed by atoms with van der Waals surface area (Å²) in [6.07, 6.45) is 0.700. The maximum absolute atomic E-state index is 11.2. The van der Waals surface area contributed by atoms with Crippen molar-refractivity contribution < 1.29 is 29.9 Å². The highest BCUT2D eigenvalue weighted by molar-refractivity contribution is 5.57. The Morgan fingerprint density at radius 2 is 1.81 bits per heavy atom. The molecule has 1 saturated heterocycles. The molecule has 1 aromatic carbocycles. The first-order valence-corrected chi connectivity index (χ1v) is 11.8. The Labute approximate surface area is 186 Å². The number of phenols is 1. The van der Waals surface area contributed by atoms with E-state index >= 15 is 0 Å². The third-order valence-electron chi connectivity index (χ3n) is 7.13. The van der Waals surface area contributed by atoms with Crippen molar-refractivity contribution >= 4 is 0 Å². The minimum absolute atomic E-state index is 0.109. The summed E-state index contributed by atoms with van der Waals surface area (Å²) < 4.78 is 11.2. The van der Waals surface area contributed by atoms with Gasteiger partial charge in [-0.1, -0.05) is 53.0 Å². The zero-order valence-electron chi connectivity index (χ0n) is 19.5. The van der Waals surface area contributed by atoms with Gasteiger partial charge < -0.3 is 29.9 Å². The fourth-order valence-corrected chi connectivity index (χ4v) is 5.16. The second-order valence-electron chi connectivity index (χ2n) is 10.1. The molecule has 0 aromatic heterocycles. The van der Waals surface area contributed by atoms with E-state index < -0.39 is 24.6 Å². The Balaban J connectivity index is 1.85. The quantitative estimate of drug-likeness (QED) is 0.516. The average Bonchev–Trinajstić information content (AvgIpc) is 2.70. The van der Waals surface area contributed by atoms with E-state index in [2.05, 4.69) is 33.8 Å². The van der Waals surface area contributed by atoms with Gasteiger partial charge >= 0.3 is 0 Å². The Kier molecular flexibility index (Phi) is 7.90. The second-order valence-corrected chi connectivity index (χ2v) is 10.1. The van der Waals surface area contributed by atoms with Gasteiger partial charge in [-0.2, -0.15) is 0 Å². The lowest BCUT2D eigenvalue weighted by atomic mass is 9.70. The van der Waals surface area contributed by atoms with E-state index in [1.54, 1.807) is 0 Å². The molecule has 1 fully saturated rings. The molecule has 1 aromatic rings. The van der Waals surface area contributed by atoms with Crippen LogP contribution in [0.4, 0.5) is 0 Å². The van der Waals surface area contributed by atoms with E-state index in [0.29, 0.717) is 17.8 Å². The molecule has 0 radical (unpaired) electrons. The summed E-state index contributed by atoms with van der Waals surface area (Å²) >= 11 is 0. The molecule has 2 aliphatic rings. The van der Waals surface area contributed by atoms with Crippen LogP contribution in [-0.2, 0) is 4.74 Å². The van der Waals surface area contributed by atoms with Gasteiger partial charge in [0.05, 0.1) is 6.61 Å². The van der Waals surface area contributed by atoms with Crippen LogP contribution in [-0.4, -0.2) is 51.6 Å². The van der Waals surface area contributed by atoms with Crippen molar-refractivity contribution in [3.8, 4) is 11.5 Å². The Morgan fingerprint density at radius 1 is 1.10 bits per heavy atom. The number of aliphatic hydroxyl groups is 3. The summed E-state index contributed by atoms with van der Waals surface area (Å²) in [5, 5.41) is 41.0. The molecule has 0 amide bonds. The van der Waals surface area contributed by atoms with Gasteiger partial charge in [-0.05, 0) is 54.6 Å². The van der Waals surface area contributed by atoms with E-state index in [9.17, 15) is 20.4 Å². The first-order valence-electron chi connectivity index (χ1n) is 11.8. The van der Waals surface area contributed by atoms with Crippen LogP contribution in [0.5, 0.6) is 11.5 Å². The molecule has 1 heterocycles. The largest absolute Gasteiger partial charge is 0.504 e. The number of aromatic hydroxyl groups is 1. The molecule has 3 rings (SSSR count).